The van der Waals surface area contributed by atoms with Crippen molar-refractivity contribution in [1.82, 2.24) is 0 Å². The van der Waals surface area contributed by atoms with Crippen LogP contribution in [-0.2, 0) is 69.1 Å². The maximum absolute atomic E-state index is 8.52. The molecule has 0 bridgehead atoms. The second-order valence-electron chi connectivity index (χ2n) is 1.00. The van der Waals surface area contributed by atoms with Crippen LogP contribution in [0.3, 0.4) is 0 Å². The Morgan fingerprint density at radius 1 is 0.346 bits per heavy atom. The zero-order valence-corrected chi connectivity index (χ0v) is 29.4. The molecule has 0 heterocycles. The summed E-state index contributed by atoms with van der Waals surface area (Å²) in [6.07, 6.45) is 0. The Kier molecular flexibility index (Phi) is 327. The second kappa shape index (κ2) is 87.6. The Morgan fingerprint density at radius 2 is 0.346 bits per heavy atom. The first kappa shape index (κ1) is 97.0. The molecule has 4 N–H and O–H groups in total. The van der Waals surface area contributed by atoms with Crippen molar-refractivity contribution in [3.8, 4) is 0 Å². The van der Waals surface area contributed by atoms with Crippen molar-refractivity contribution in [3.63, 3.8) is 0 Å². The zero-order chi connectivity index (χ0) is 14.3. The van der Waals surface area contributed by atoms with Gasteiger partial charge in [0.05, 0.1) is 0 Å². The van der Waals surface area contributed by atoms with Crippen molar-refractivity contribution in [2.24, 2.45) is 0 Å². The van der Waals surface area contributed by atoms with Crippen LogP contribution in [0.5, 0.6) is 0 Å². The topological polar surface area (TPSA) is 373 Å². The molecular weight excluding hydrogens is 653 g/mol. The van der Waals surface area contributed by atoms with Crippen LogP contribution in [0.4, 0.5) is 0 Å². The molecule has 0 unspecified atom stereocenters. The molecule has 0 spiro atoms. The van der Waals surface area contributed by atoms with Gasteiger partial charge in [-0.15, -0.1) is 0 Å². The molecule has 0 aliphatic rings. The third-order valence-corrected chi connectivity index (χ3v) is 0. The number of hydrogen-bond donors (Lipinski definition) is 0. The molecular formula is H4Fe3K3O16Si4. The van der Waals surface area contributed by atoms with Gasteiger partial charge in [-0.3, -0.25) is 0 Å². The minimum Gasteiger partial charge on any atom is -0.870 e. The number of hydrogen-bond acceptors (Lipinski definition) is 16. The third-order valence-electron chi connectivity index (χ3n) is 0. The summed E-state index contributed by atoms with van der Waals surface area (Å²) in [6, 6.07) is 0. The van der Waals surface area contributed by atoms with E-state index in [1.807, 2.05) is 0 Å². The predicted octanol–water partition coefficient (Wildman–Crippen LogP) is -21.2. The molecule has 3 radical (unpaired) electrons. The molecule has 0 aromatic rings. The van der Waals surface area contributed by atoms with Crippen molar-refractivity contribution >= 4 is 36.7 Å². The fraction of sp³-hybridized carbons (Fsp3) is 0. The standard InChI is InChI=1S/3Fe.3K.4O3Si.4H2O/c;;;;;;4*1-4(2)3;;;;/h;;;;;;;;;;4*1H2/q3*+3;3*+1;4*-2;;;;/p-4. The molecule has 0 saturated heterocycles. The summed E-state index contributed by atoms with van der Waals surface area (Å²) in [6.45, 7) is 0. The third kappa shape index (κ3) is 974. The van der Waals surface area contributed by atoms with Crippen molar-refractivity contribution < 1.29 is 283 Å². The van der Waals surface area contributed by atoms with Gasteiger partial charge >= 0.3 is 205 Å². The molecule has 0 atom stereocenters. The van der Waals surface area contributed by atoms with Gasteiger partial charge in [-0.2, -0.15) is 0 Å². The minimum atomic E-state index is -3.63. The van der Waals surface area contributed by atoms with Gasteiger partial charge in [0.15, 0.2) is 0 Å². The van der Waals surface area contributed by atoms with Crippen LogP contribution in [0.15, 0.2) is 0 Å². The van der Waals surface area contributed by atoms with Crippen LogP contribution in [0.25, 0.3) is 0 Å². The summed E-state index contributed by atoms with van der Waals surface area (Å²) < 4.78 is 34.1. The average molecular weight is 657 g/mol. The molecule has 26 heavy (non-hydrogen) atoms. The summed E-state index contributed by atoms with van der Waals surface area (Å²) in [4.78, 5) is 68.1. The maximum atomic E-state index is 8.52. The number of rotatable bonds is 0. The van der Waals surface area contributed by atoms with Gasteiger partial charge in [0, 0.05) is 36.7 Å². The molecule has 16 nitrogen and oxygen atoms in total. The van der Waals surface area contributed by atoms with Crippen LogP contribution >= 0.6 is 0 Å². The van der Waals surface area contributed by atoms with E-state index >= 15 is 0 Å². The fourth-order valence-electron chi connectivity index (χ4n) is 0. The van der Waals surface area contributed by atoms with Gasteiger partial charge in [-0.05, 0) is 0 Å². The van der Waals surface area contributed by atoms with Gasteiger partial charge in [0.1, 0.15) is 0 Å². The molecule has 0 aromatic carbocycles. The Hall–Kier alpha value is 4.78. The van der Waals surface area contributed by atoms with E-state index < -0.39 is 36.7 Å². The molecule has 0 amide bonds. The van der Waals surface area contributed by atoms with E-state index in [2.05, 4.69) is 0 Å². The molecule has 26 heteroatoms. The average Bonchev–Trinajstić information content (AvgIpc) is 1.76. The first-order chi connectivity index (χ1) is 6.93. The zero-order valence-electron chi connectivity index (χ0n) is 12.7. The Balaban J connectivity index is -0.00000000545. The van der Waals surface area contributed by atoms with E-state index in [9.17, 15) is 0 Å². The van der Waals surface area contributed by atoms with Crippen LogP contribution in [0.2, 0.25) is 0 Å². The van der Waals surface area contributed by atoms with Crippen molar-refractivity contribution in [1.29, 1.82) is 0 Å². The Bertz CT molecular complexity index is 181. The monoisotopic (exact) mass is 657 g/mol. The molecule has 0 aromatic heterocycles. The van der Waals surface area contributed by atoms with Gasteiger partial charge < -0.3 is 78.1 Å². The van der Waals surface area contributed by atoms with Crippen molar-refractivity contribution in [3.05, 3.63) is 0 Å². The van der Waals surface area contributed by atoms with Gasteiger partial charge in [0.25, 0.3) is 0 Å². The first-order valence-electron chi connectivity index (χ1n) is 2.45. The van der Waals surface area contributed by atoms with Crippen molar-refractivity contribution in [2.75, 3.05) is 0 Å². The van der Waals surface area contributed by atoms with Crippen LogP contribution in [-0.4, -0.2) is 58.6 Å². The van der Waals surface area contributed by atoms with E-state index in [-0.39, 0.29) is 227 Å². The van der Waals surface area contributed by atoms with E-state index in [0.717, 1.165) is 0 Å². The maximum Gasteiger partial charge on any atom is 3.00 e. The molecule has 0 rings (SSSR count). The summed E-state index contributed by atoms with van der Waals surface area (Å²) >= 11 is 0. The summed E-state index contributed by atoms with van der Waals surface area (Å²) in [7, 11) is -14.5. The van der Waals surface area contributed by atoms with Crippen LogP contribution < -0.4 is 193 Å². The van der Waals surface area contributed by atoms with Crippen LogP contribution in [0, 0.1) is 0 Å². The molecule has 0 saturated carbocycles. The first-order valence-corrected chi connectivity index (χ1v) is 7.35. The Labute approximate surface area is 312 Å². The normalized spacial score (nSPS) is 3.69. The summed E-state index contributed by atoms with van der Waals surface area (Å²) in [5.74, 6) is 0. The van der Waals surface area contributed by atoms with E-state index in [1.54, 1.807) is 0 Å². The molecule has 0 fully saturated rings. The smallest absolute Gasteiger partial charge is 0.870 e. The summed E-state index contributed by atoms with van der Waals surface area (Å²) in [5.41, 5.74) is 0. The van der Waals surface area contributed by atoms with E-state index in [1.165, 1.54) is 0 Å². The molecule has 0 aliphatic carbocycles. The van der Waals surface area contributed by atoms with Crippen molar-refractivity contribution in [2.45, 2.75) is 0 Å². The molecule has 0 aliphatic heterocycles. The van der Waals surface area contributed by atoms with Gasteiger partial charge in [-0.1, -0.05) is 0 Å². The molecule has 143 valence electrons. The van der Waals surface area contributed by atoms with Gasteiger partial charge in [-0.25, -0.2) is 0 Å². The SMILES string of the molecule is O=[Si]([O-])[O-].O=[Si]([O-])[O-].O=[Si]([O-])[O-].O=[Si]([O-])[O-].[Fe+3].[Fe+3].[Fe+3].[K+].[K+].[K+].[OH-].[OH-].[OH-].[OH-]. The largest absolute Gasteiger partial charge is 3.00 e. The Morgan fingerprint density at radius 3 is 0.346 bits per heavy atom. The second-order valence-corrected chi connectivity index (χ2v) is 3.00. The van der Waals surface area contributed by atoms with E-state index in [0.29, 0.717) is 0 Å². The predicted molar refractivity (Wildman–Crippen MR) is 33.5 cm³/mol. The van der Waals surface area contributed by atoms with Gasteiger partial charge in [0.2, 0.25) is 0 Å². The summed E-state index contributed by atoms with van der Waals surface area (Å²) in [5, 5.41) is 0. The van der Waals surface area contributed by atoms with E-state index in [4.69, 9.17) is 56.2 Å². The minimum absolute atomic E-state index is 0. The van der Waals surface area contributed by atoms with Crippen LogP contribution in [0.1, 0.15) is 0 Å². The fourth-order valence-corrected chi connectivity index (χ4v) is 0. The quantitative estimate of drug-likeness (QED) is 0.218.